The number of nitrogens with two attached hydrogens (primary N) is 1. The summed E-state index contributed by atoms with van der Waals surface area (Å²) in [6, 6.07) is 4.98. The minimum atomic E-state index is -3.82. The van der Waals surface area contributed by atoms with Crippen molar-refractivity contribution >= 4 is 15.7 Å². The fourth-order valence-electron chi connectivity index (χ4n) is 1.68. The molecule has 2 rings (SSSR count). The summed E-state index contributed by atoms with van der Waals surface area (Å²) in [5.41, 5.74) is 7.17. The fourth-order valence-corrected chi connectivity index (χ4v) is 2.75. The first-order valence-electron chi connectivity index (χ1n) is 5.84. The Kier molecular flexibility index (Phi) is 4.01. The second-order valence-corrected chi connectivity index (χ2v) is 6.11. The van der Waals surface area contributed by atoms with Crippen LogP contribution in [0.3, 0.4) is 0 Å². The molecule has 0 spiro atoms. The third kappa shape index (κ3) is 3.31. The van der Waals surface area contributed by atoms with E-state index < -0.39 is 15.8 Å². The standard InChI is InChI=1S/C13H14FN3O2S/c1-9-2-3-16-7-10(9)8-17-20(18,19)13-5-11(14)4-12(15)6-13/h2-7,17H,8,15H2,1H3. The highest BCUT2D eigenvalue weighted by Crippen LogP contribution is 2.16. The molecule has 0 unspecified atom stereocenters. The smallest absolute Gasteiger partial charge is 0.241 e. The SMILES string of the molecule is Cc1ccncc1CNS(=O)(=O)c1cc(N)cc(F)c1. The van der Waals surface area contributed by atoms with Gasteiger partial charge < -0.3 is 5.73 Å². The third-order valence-electron chi connectivity index (χ3n) is 2.80. The lowest BCUT2D eigenvalue weighted by atomic mass is 10.2. The summed E-state index contributed by atoms with van der Waals surface area (Å²) in [4.78, 5) is 3.73. The zero-order valence-corrected chi connectivity index (χ0v) is 11.6. The molecule has 0 saturated carbocycles. The lowest BCUT2D eigenvalue weighted by Crippen LogP contribution is -2.24. The summed E-state index contributed by atoms with van der Waals surface area (Å²) in [5.74, 6) is -0.692. The summed E-state index contributed by atoms with van der Waals surface area (Å²) in [6.45, 7) is 1.93. The van der Waals surface area contributed by atoms with E-state index in [4.69, 9.17) is 5.73 Å². The van der Waals surface area contributed by atoms with E-state index in [1.165, 1.54) is 6.07 Å². The van der Waals surface area contributed by atoms with Gasteiger partial charge in [-0.1, -0.05) is 0 Å². The predicted octanol–water partition coefficient (Wildman–Crippen LogP) is 1.59. The minimum absolute atomic E-state index is 0.0583. The van der Waals surface area contributed by atoms with E-state index in [1.807, 2.05) is 6.92 Å². The van der Waals surface area contributed by atoms with E-state index in [1.54, 1.807) is 18.5 Å². The van der Waals surface area contributed by atoms with Crippen molar-refractivity contribution in [1.29, 1.82) is 0 Å². The zero-order valence-electron chi connectivity index (χ0n) is 10.8. The van der Waals surface area contributed by atoms with Gasteiger partial charge in [-0.3, -0.25) is 4.98 Å². The van der Waals surface area contributed by atoms with E-state index in [0.717, 1.165) is 23.3 Å². The van der Waals surface area contributed by atoms with Crippen molar-refractivity contribution in [2.75, 3.05) is 5.73 Å². The van der Waals surface area contributed by atoms with Crippen LogP contribution in [0.1, 0.15) is 11.1 Å². The van der Waals surface area contributed by atoms with Crippen LogP contribution in [0, 0.1) is 12.7 Å². The van der Waals surface area contributed by atoms with Crippen LogP contribution in [0.15, 0.2) is 41.6 Å². The highest BCUT2D eigenvalue weighted by atomic mass is 32.2. The van der Waals surface area contributed by atoms with Crippen LogP contribution >= 0.6 is 0 Å². The average Bonchev–Trinajstić information content (AvgIpc) is 2.37. The Balaban J connectivity index is 2.22. The molecule has 0 fully saturated rings. The van der Waals surface area contributed by atoms with Crippen LogP contribution in [0.5, 0.6) is 0 Å². The molecule has 0 radical (unpaired) electrons. The number of hydrogen-bond donors (Lipinski definition) is 2. The summed E-state index contributed by atoms with van der Waals surface area (Å²) in [6.07, 6.45) is 3.21. The minimum Gasteiger partial charge on any atom is -0.399 e. The quantitative estimate of drug-likeness (QED) is 0.839. The largest absolute Gasteiger partial charge is 0.399 e. The molecular formula is C13H14FN3O2S. The van der Waals surface area contributed by atoms with Crippen LogP contribution < -0.4 is 10.5 Å². The maximum Gasteiger partial charge on any atom is 0.241 e. The number of hydrogen-bond acceptors (Lipinski definition) is 4. The normalized spacial score (nSPS) is 11.5. The Labute approximate surface area is 116 Å². The number of sulfonamides is 1. The number of nitrogens with one attached hydrogen (secondary N) is 1. The molecule has 1 aromatic heterocycles. The van der Waals surface area contributed by atoms with Crippen molar-refractivity contribution in [3.63, 3.8) is 0 Å². The van der Waals surface area contributed by atoms with Crippen molar-refractivity contribution in [3.05, 3.63) is 53.6 Å². The number of nitrogen functional groups attached to an aromatic ring is 1. The van der Waals surface area contributed by atoms with Gasteiger partial charge in [-0.05, 0) is 42.3 Å². The van der Waals surface area contributed by atoms with Crippen molar-refractivity contribution in [3.8, 4) is 0 Å². The predicted molar refractivity (Wildman–Crippen MR) is 73.8 cm³/mol. The number of benzene rings is 1. The van der Waals surface area contributed by atoms with Crippen molar-refractivity contribution in [1.82, 2.24) is 9.71 Å². The molecule has 0 amide bonds. The molecule has 0 atom stereocenters. The van der Waals surface area contributed by atoms with Gasteiger partial charge in [-0.15, -0.1) is 0 Å². The topological polar surface area (TPSA) is 85.1 Å². The molecule has 0 aliphatic heterocycles. The van der Waals surface area contributed by atoms with Crippen LogP contribution in [0.25, 0.3) is 0 Å². The number of rotatable bonds is 4. The number of pyridine rings is 1. The Bertz CT molecular complexity index is 712. The molecule has 2 aromatic rings. The van der Waals surface area contributed by atoms with E-state index in [9.17, 15) is 12.8 Å². The molecule has 7 heteroatoms. The molecule has 0 bridgehead atoms. The first-order valence-corrected chi connectivity index (χ1v) is 7.32. The number of anilines is 1. The Hall–Kier alpha value is -1.99. The van der Waals surface area contributed by atoms with Gasteiger partial charge in [0.15, 0.2) is 0 Å². The van der Waals surface area contributed by atoms with Crippen LogP contribution in [-0.4, -0.2) is 13.4 Å². The second-order valence-electron chi connectivity index (χ2n) is 4.35. The number of halogens is 1. The van der Waals surface area contributed by atoms with Crippen molar-refractivity contribution in [2.24, 2.45) is 0 Å². The second kappa shape index (κ2) is 5.56. The van der Waals surface area contributed by atoms with Gasteiger partial charge in [-0.25, -0.2) is 17.5 Å². The number of nitrogens with zero attached hydrogens (tertiary/aromatic N) is 1. The molecule has 0 aliphatic carbocycles. The number of aryl methyl sites for hydroxylation is 1. The molecule has 0 saturated heterocycles. The van der Waals surface area contributed by atoms with Gasteiger partial charge in [-0.2, -0.15) is 0 Å². The molecule has 1 aromatic carbocycles. The van der Waals surface area contributed by atoms with Crippen LogP contribution in [-0.2, 0) is 16.6 Å². The fraction of sp³-hybridized carbons (Fsp3) is 0.154. The summed E-state index contributed by atoms with van der Waals surface area (Å²) < 4.78 is 39.7. The molecule has 1 heterocycles. The highest BCUT2D eigenvalue weighted by molar-refractivity contribution is 7.89. The third-order valence-corrected chi connectivity index (χ3v) is 4.18. The summed E-state index contributed by atoms with van der Waals surface area (Å²) in [7, 11) is -3.82. The first-order chi connectivity index (χ1) is 9.38. The highest BCUT2D eigenvalue weighted by Gasteiger charge is 2.16. The summed E-state index contributed by atoms with van der Waals surface area (Å²) in [5, 5.41) is 0. The lowest BCUT2D eigenvalue weighted by molar-refractivity contribution is 0.577. The Morgan fingerprint density at radius 3 is 2.75 bits per heavy atom. The van der Waals surface area contributed by atoms with Crippen molar-refractivity contribution in [2.45, 2.75) is 18.4 Å². The van der Waals surface area contributed by atoms with Gasteiger partial charge in [0.25, 0.3) is 0 Å². The molecule has 106 valence electrons. The average molecular weight is 295 g/mol. The van der Waals surface area contributed by atoms with E-state index >= 15 is 0 Å². The van der Waals surface area contributed by atoms with Crippen molar-refractivity contribution < 1.29 is 12.8 Å². The Morgan fingerprint density at radius 1 is 1.35 bits per heavy atom. The molecule has 3 N–H and O–H groups in total. The van der Waals surface area contributed by atoms with Crippen LogP contribution in [0.2, 0.25) is 0 Å². The van der Waals surface area contributed by atoms with E-state index in [0.29, 0.717) is 0 Å². The number of aromatic nitrogens is 1. The monoisotopic (exact) mass is 295 g/mol. The maximum absolute atomic E-state index is 13.2. The molecular weight excluding hydrogens is 281 g/mol. The van der Waals surface area contributed by atoms with E-state index in [2.05, 4.69) is 9.71 Å². The molecule has 0 aliphatic rings. The summed E-state index contributed by atoms with van der Waals surface area (Å²) >= 11 is 0. The van der Waals surface area contributed by atoms with Gasteiger partial charge in [0.2, 0.25) is 10.0 Å². The van der Waals surface area contributed by atoms with Gasteiger partial charge in [0.1, 0.15) is 5.82 Å². The first kappa shape index (κ1) is 14.4. The van der Waals surface area contributed by atoms with Crippen LogP contribution in [0.4, 0.5) is 10.1 Å². The van der Waals surface area contributed by atoms with Gasteiger partial charge in [0.05, 0.1) is 4.90 Å². The Morgan fingerprint density at radius 2 is 2.10 bits per heavy atom. The van der Waals surface area contributed by atoms with E-state index in [-0.39, 0.29) is 17.1 Å². The van der Waals surface area contributed by atoms with Gasteiger partial charge >= 0.3 is 0 Å². The molecule has 5 nitrogen and oxygen atoms in total. The maximum atomic E-state index is 13.2. The zero-order chi connectivity index (χ0) is 14.8. The van der Waals surface area contributed by atoms with Gasteiger partial charge in [0, 0.05) is 24.6 Å². The lowest BCUT2D eigenvalue weighted by Gasteiger charge is -2.09. The molecule has 20 heavy (non-hydrogen) atoms.